The van der Waals surface area contributed by atoms with Gasteiger partial charge in [-0.25, -0.2) is 0 Å². The first kappa shape index (κ1) is 15.3. The minimum atomic E-state index is -4.30. The van der Waals surface area contributed by atoms with E-state index in [0.717, 1.165) is 12.1 Å². The second kappa shape index (κ2) is 5.55. The lowest BCUT2D eigenvalue weighted by atomic mass is 9.95. The molecule has 2 N–H and O–H groups in total. The molecule has 1 aromatic carbocycles. The molecule has 0 saturated heterocycles. The van der Waals surface area contributed by atoms with Crippen molar-refractivity contribution in [1.82, 2.24) is 0 Å². The molecule has 0 aromatic heterocycles. The first-order valence-corrected chi connectivity index (χ1v) is 4.75. The lowest BCUT2D eigenvalue weighted by Gasteiger charge is -2.17. The normalized spacial score (nSPS) is 13.4. The van der Waals surface area contributed by atoms with E-state index in [0.29, 0.717) is 5.56 Å². The molecule has 1 nitrogen and oxygen atoms in total. The number of halogens is 4. The molecule has 92 valence electrons. The molecule has 0 radical (unpaired) electrons. The highest BCUT2D eigenvalue weighted by molar-refractivity contribution is 5.85. The Labute approximate surface area is 99.2 Å². The van der Waals surface area contributed by atoms with E-state index in [1.54, 1.807) is 6.07 Å². The Bertz CT molecular complexity index is 336. The predicted molar refractivity (Wildman–Crippen MR) is 60.5 cm³/mol. The highest BCUT2D eigenvalue weighted by Crippen LogP contribution is 2.31. The van der Waals surface area contributed by atoms with E-state index in [-0.39, 0.29) is 24.4 Å². The van der Waals surface area contributed by atoms with E-state index in [1.165, 1.54) is 6.07 Å². The molecule has 0 bridgehead atoms. The van der Waals surface area contributed by atoms with E-state index >= 15 is 0 Å². The van der Waals surface area contributed by atoms with Crippen LogP contribution in [0.3, 0.4) is 0 Å². The van der Waals surface area contributed by atoms with Gasteiger partial charge in [0.2, 0.25) is 0 Å². The molecule has 0 saturated carbocycles. The number of hydrogen-bond donors (Lipinski definition) is 1. The van der Waals surface area contributed by atoms with Crippen molar-refractivity contribution >= 4 is 12.4 Å². The fourth-order valence-electron chi connectivity index (χ4n) is 1.31. The van der Waals surface area contributed by atoms with Gasteiger partial charge in [0.25, 0.3) is 0 Å². The van der Waals surface area contributed by atoms with Gasteiger partial charge in [0.1, 0.15) is 0 Å². The van der Waals surface area contributed by atoms with Gasteiger partial charge in [0.15, 0.2) is 0 Å². The molecule has 1 atom stereocenters. The van der Waals surface area contributed by atoms with Gasteiger partial charge in [0.05, 0.1) is 5.56 Å². The highest BCUT2D eigenvalue weighted by atomic mass is 35.5. The molecule has 0 aliphatic carbocycles. The highest BCUT2D eigenvalue weighted by Gasteiger charge is 2.30. The second-order valence-electron chi connectivity index (χ2n) is 3.89. The molecule has 1 rings (SSSR count). The molecule has 0 fully saturated rings. The Hall–Kier alpha value is -0.740. The lowest BCUT2D eigenvalue weighted by Crippen LogP contribution is -2.17. The van der Waals surface area contributed by atoms with Crippen molar-refractivity contribution in [3.8, 4) is 0 Å². The average molecular weight is 254 g/mol. The fraction of sp³-hybridized carbons (Fsp3) is 0.455. The van der Waals surface area contributed by atoms with Crippen LogP contribution in [0.1, 0.15) is 31.0 Å². The summed E-state index contributed by atoms with van der Waals surface area (Å²) in [4.78, 5) is 0. The van der Waals surface area contributed by atoms with Gasteiger partial charge in [0, 0.05) is 6.04 Å². The molecule has 0 aliphatic heterocycles. The molecule has 0 heterocycles. The average Bonchev–Trinajstić information content (AvgIpc) is 2.15. The van der Waals surface area contributed by atoms with E-state index in [2.05, 4.69) is 0 Å². The maximum absolute atomic E-state index is 12.4. The van der Waals surface area contributed by atoms with Crippen molar-refractivity contribution in [2.45, 2.75) is 26.1 Å². The molecular formula is C11H15ClF3N. The third-order valence-electron chi connectivity index (χ3n) is 2.32. The van der Waals surface area contributed by atoms with Crippen LogP contribution in [0.2, 0.25) is 0 Å². The molecule has 1 aromatic rings. The molecule has 5 heteroatoms. The first-order chi connectivity index (χ1) is 6.82. The van der Waals surface area contributed by atoms with Crippen LogP contribution in [0.5, 0.6) is 0 Å². The van der Waals surface area contributed by atoms with E-state index in [4.69, 9.17) is 5.73 Å². The monoisotopic (exact) mass is 253 g/mol. The zero-order valence-corrected chi connectivity index (χ0v) is 9.90. The number of hydrogen-bond acceptors (Lipinski definition) is 1. The Balaban J connectivity index is 0.00000225. The van der Waals surface area contributed by atoms with Crippen LogP contribution in [0.25, 0.3) is 0 Å². The van der Waals surface area contributed by atoms with Gasteiger partial charge < -0.3 is 5.73 Å². The lowest BCUT2D eigenvalue weighted by molar-refractivity contribution is -0.137. The van der Waals surface area contributed by atoms with Crippen LogP contribution < -0.4 is 5.73 Å². The fourth-order valence-corrected chi connectivity index (χ4v) is 1.31. The van der Waals surface area contributed by atoms with Crippen molar-refractivity contribution in [2.24, 2.45) is 11.7 Å². The van der Waals surface area contributed by atoms with Crippen molar-refractivity contribution in [2.75, 3.05) is 0 Å². The van der Waals surface area contributed by atoms with Crippen LogP contribution >= 0.6 is 12.4 Å². The van der Waals surface area contributed by atoms with Gasteiger partial charge in [-0.15, -0.1) is 12.4 Å². The second-order valence-corrected chi connectivity index (χ2v) is 3.89. The molecular weight excluding hydrogens is 239 g/mol. The predicted octanol–water partition coefficient (Wildman–Crippen LogP) is 3.78. The number of nitrogens with two attached hydrogens (primary N) is 1. The van der Waals surface area contributed by atoms with Crippen LogP contribution in [-0.4, -0.2) is 0 Å². The van der Waals surface area contributed by atoms with Crippen LogP contribution in [0.4, 0.5) is 13.2 Å². The van der Waals surface area contributed by atoms with Crippen molar-refractivity contribution in [3.05, 3.63) is 35.4 Å². The summed E-state index contributed by atoms with van der Waals surface area (Å²) in [6.45, 7) is 3.76. The number of rotatable bonds is 2. The van der Waals surface area contributed by atoms with Gasteiger partial charge in [-0.2, -0.15) is 13.2 Å². The SMILES string of the molecule is CC(C)[C@@H](N)c1cccc(C(F)(F)F)c1.Cl. The van der Waals surface area contributed by atoms with Crippen molar-refractivity contribution in [1.29, 1.82) is 0 Å². The molecule has 0 spiro atoms. The van der Waals surface area contributed by atoms with E-state index in [9.17, 15) is 13.2 Å². The third-order valence-corrected chi connectivity index (χ3v) is 2.32. The topological polar surface area (TPSA) is 26.0 Å². The largest absolute Gasteiger partial charge is 0.416 e. The summed E-state index contributed by atoms with van der Waals surface area (Å²) in [6.07, 6.45) is -4.30. The van der Waals surface area contributed by atoms with Gasteiger partial charge >= 0.3 is 6.18 Å². The molecule has 0 aliphatic rings. The number of alkyl halides is 3. The Morgan fingerprint density at radius 2 is 1.75 bits per heavy atom. The summed E-state index contributed by atoms with van der Waals surface area (Å²) < 4.78 is 37.2. The maximum Gasteiger partial charge on any atom is 0.416 e. The van der Waals surface area contributed by atoms with Crippen LogP contribution in [0.15, 0.2) is 24.3 Å². The van der Waals surface area contributed by atoms with Gasteiger partial charge in [-0.05, 0) is 23.6 Å². The Morgan fingerprint density at radius 3 is 2.19 bits per heavy atom. The Morgan fingerprint density at radius 1 is 1.19 bits per heavy atom. The minimum Gasteiger partial charge on any atom is -0.324 e. The summed E-state index contributed by atoms with van der Waals surface area (Å²) in [6, 6.07) is 4.83. The smallest absolute Gasteiger partial charge is 0.324 e. The minimum absolute atomic E-state index is 0. The van der Waals surface area contributed by atoms with Gasteiger partial charge in [-0.1, -0.05) is 26.0 Å². The maximum atomic E-state index is 12.4. The zero-order chi connectivity index (χ0) is 11.6. The Kier molecular flexibility index (Phi) is 5.29. The quantitative estimate of drug-likeness (QED) is 0.853. The summed E-state index contributed by atoms with van der Waals surface area (Å²) >= 11 is 0. The summed E-state index contributed by atoms with van der Waals surface area (Å²) in [5.74, 6) is 0.119. The van der Waals surface area contributed by atoms with E-state index < -0.39 is 11.7 Å². The molecule has 16 heavy (non-hydrogen) atoms. The van der Waals surface area contributed by atoms with E-state index in [1.807, 2.05) is 13.8 Å². The van der Waals surface area contributed by atoms with Crippen LogP contribution in [-0.2, 0) is 6.18 Å². The van der Waals surface area contributed by atoms with Gasteiger partial charge in [-0.3, -0.25) is 0 Å². The number of benzene rings is 1. The van der Waals surface area contributed by atoms with Crippen LogP contribution in [0, 0.1) is 5.92 Å². The zero-order valence-electron chi connectivity index (χ0n) is 9.08. The molecule has 0 amide bonds. The first-order valence-electron chi connectivity index (χ1n) is 4.75. The molecule has 0 unspecified atom stereocenters. The third kappa shape index (κ3) is 3.68. The van der Waals surface area contributed by atoms with Crippen molar-refractivity contribution < 1.29 is 13.2 Å². The van der Waals surface area contributed by atoms with Crippen molar-refractivity contribution in [3.63, 3.8) is 0 Å². The summed E-state index contributed by atoms with van der Waals surface area (Å²) in [5.41, 5.74) is 5.67. The summed E-state index contributed by atoms with van der Waals surface area (Å²) in [7, 11) is 0. The summed E-state index contributed by atoms with van der Waals surface area (Å²) in [5, 5.41) is 0. The standard InChI is InChI=1S/C11H14F3N.ClH/c1-7(2)10(15)8-4-3-5-9(6-8)11(12,13)14;/h3-7,10H,15H2,1-2H3;1H/t10-;/m1./s1.